The number of aromatic nitrogens is 2. The highest BCUT2D eigenvalue weighted by Crippen LogP contribution is 2.30. The Balaban J connectivity index is 1.36. The topological polar surface area (TPSA) is 74.9 Å². The molecule has 1 saturated heterocycles. The average molecular weight is 491 g/mol. The molecule has 0 radical (unpaired) electrons. The molecule has 0 saturated carbocycles. The van der Waals surface area contributed by atoms with E-state index in [1.54, 1.807) is 13.4 Å². The molecule has 2 aromatic carbocycles. The summed E-state index contributed by atoms with van der Waals surface area (Å²) in [5.41, 5.74) is 5.21. The average Bonchev–Trinajstić information content (AvgIpc) is 3.31. The number of hydrogen-bond acceptors (Lipinski definition) is 6. The van der Waals surface area contributed by atoms with Gasteiger partial charge in [-0.3, -0.25) is 0 Å². The van der Waals surface area contributed by atoms with Crippen molar-refractivity contribution >= 4 is 23.1 Å². The van der Waals surface area contributed by atoms with Gasteiger partial charge in [-0.25, -0.2) is 4.98 Å². The van der Waals surface area contributed by atoms with Crippen LogP contribution in [0.4, 0.5) is 0 Å². The van der Waals surface area contributed by atoms with Crippen LogP contribution in [0.3, 0.4) is 0 Å². The molecule has 0 N–H and O–H groups in total. The third-order valence-corrected chi connectivity index (χ3v) is 7.91. The summed E-state index contributed by atoms with van der Waals surface area (Å²) in [4.78, 5) is 13.1. The van der Waals surface area contributed by atoms with E-state index >= 15 is 0 Å². The van der Waals surface area contributed by atoms with Crippen LogP contribution in [0.1, 0.15) is 29.7 Å². The van der Waals surface area contributed by atoms with Crippen LogP contribution in [0.5, 0.6) is 5.75 Å². The van der Waals surface area contributed by atoms with E-state index in [0.29, 0.717) is 12.4 Å². The molecule has 0 spiro atoms. The SMILES string of the molecule is COc1cc(/C=C2\CCCN3C2=NOCC3C[S+]([O-])c2ccc(C)cc2)ccc1-n1cnc(C)c1. The number of imidazole rings is 1. The highest BCUT2D eigenvalue weighted by Gasteiger charge is 2.35. The summed E-state index contributed by atoms with van der Waals surface area (Å²) in [6.07, 6.45) is 7.85. The molecule has 2 unspecified atom stereocenters. The van der Waals surface area contributed by atoms with Gasteiger partial charge in [0.2, 0.25) is 0 Å². The number of methoxy groups -OCH3 is 1. The zero-order chi connectivity index (χ0) is 24.4. The predicted molar refractivity (Wildman–Crippen MR) is 138 cm³/mol. The van der Waals surface area contributed by atoms with Gasteiger partial charge >= 0.3 is 0 Å². The lowest BCUT2D eigenvalue weighted by atomic mass is 9.98. The van der Waals surface area contributed by atoms with E-state index in [4.69, 9.17) is 9.57 Å². The molecule has 5 rings (SSSR count). The van der Waals surface area contributed by atoms with E-state index in [0.717, 1.165) is 63.9 Å². The van der Waals surface area contributed by atoms with Crippen LogP contribution in [0.15, 0.2) is 70.6 Å². The monoisotopic (exact) mass is 490 g/mol. The summed E-state index contributed by atoms with van der Waals surface area (Å²) in [5, 5.41) is 4.41. The van der Waals surface area contributed by atoms with Crippen LogP contribution in [0.2, 0.25) is 0 Å². The maximum atomic E-state index is 13.0. The van der Waals surface area contributed by atoms with Gasteiger partial charge in [-0.05, 0) is 79.3 Å². The normalized spacial score (nSPS) is 19.7. The molecule has 3 aromatic rings. The Morgan fingerprint density at radius 3 is 2.77 bits per heavy atom. The summed E-state index contributed by atoms with van der Waals surface area (Å²) in [7, 11) is 1.68. The Bertz CT molecular complexity index is 1250. The number of benzene rings is 2. The van der Waals surface area contributed by atoms with Gasteiger partial charge in [-0.1, -0.05) is 28.9 Å². The molecule has 2 aliphatic rings. The van der Waals surface area contributed by atoms with Crippen LogP contribution in [-0.4, -0.2) is 56.9 Å². The minimum atomic E-state index is -1.10. The first-order valence-corrected chi connectivity index (χ1v) is 13.2. The number of ether oxygens (including phenoxy) is 1. The quantitative estimate of drug-likeness (QED) is 0.476. The summed E-state index contributed by atoms with van der Waals surface area (Å²) in [6, 6.07) is 14.1. The number of piperidine rings is 1. The molecule has 35 heavy (non-hydrogen) atoms. The largest absolute Gasteiger partial charge is 0.611 e. The van der Waals surface area contributed by atoms with Crippen molar-refractivity contribution in [3.8, 4) is 11.4 Å². The second-order valence-corrected chi connectivity index (χ2v) is 10.5. The van der Waals surface area contributed by atoms with Gasteiger partial charge < -0.3 is 23.6 Å². The number of nitrogens with zero attached hydrogens (tertiary/aromatic N) is 4. The fourth-order valence-corrected chi connectivity index (χ4v) is 5.83. The standard InChI is InChI=1S/C27H30N4O3S/c1-19-6-9-24(10-7-19)35(32)17-23-16-34-29-27-22(5-4-12-31(23)27)13-21-8-11-25(26(14-21)33-3)30-15-20(2)28-18-30/h6-11,13-15,18,23H,4-5,12,16-17H2,1-3H3/b22-13+. The van der Waals surface area contributed by atoms with Crippen molar-refractivity contribution in [1.82, 2.24) is 14.5 Å². The van der Waals surface area contributed by atoms with Crippen LogP contribution >= 0.6 is 0 Å². The zero-order valence-electron chi connectivity index (χ0n) is 20.3. The lowest BCUT2D eigenvalue weighted by Gasteiger charge is -2.39. The van der Waals surface area contributed by atoms with Crippen molar-refractivity contribution in [2.45, 2.75) is 37.6 Å². The Morgan fingerprint density at radius 1 is 1.20 bits per heavy atom. The molecule has 1 fully saturated rings. The van der Waals surface area contributed by atoms with Gasteiger partial charge in [0.1, 0.15) is 24.2 Å². The number of aryl methyl sites for hydroxylation is 2. The van der Waals surface area contributed by atoms with Crippen molar-refractivity contribution < 1.29 is 14.1 Å². The van der Waals surface area contributed by atoms with E-state index in [9.17, 15) is 4.55 Å². The Kier molecular flexibility index (Phi) is 6.83. The van der Waals surface area contributed by atoms with Crippen LogP contribution in [-0.2, 0) is 16.0 Å². The van der Waals surface area contributed by atoms with E-state index in [-0.39, 0.29) is 6.04 Å². The number of hydrogen-bond donors (Lipinski definition) is 0. The molecule has 1 aromatic heterocycles. The van der Waals surface area contributed by atoms with Crippen molar-refractivity contribution in [1.29, 1.82) is 0 Å². The molecule has 182 valence electrons. The van der Waals surface area contributed by atoms with E-state index in [1.165, 1.54) is 0 Å². The Morgan fingerprint density at radius 2 is 2.03 bits per heavy atom. The van der Waals surface area contributed by atoms with Crippen molar-refractivity contribution in [2.75, 3.05) is 26.0 Å². The summed E-state index contributed by atoms with van der Waals surface area (Å²) >= 11 is -1.10. The highest BCUT2D eigenvalue weighted by atomic mass is 32.2. The van der Waals surface area contributed by atoms with Crippen molar-refractivity contribution in [3.05, 3.63) is 77.4 Å². The minimum absolute atomic E-state index is 0.0229. The van der Waals surface area contributed by atoms with E-state index in [2.05, 4.69) is 27.2 Å². The molecule has 0 bridgehead atoms. The third kappa shape index (κ3) is 5.09. The summed E-state index contributed by atoms with van der Waals surface area (Å²) in [5.74, 6) is 2.14. The van der Waals surface area contributed by atoms with Crippen LogP contribution < -0.4 is 4.74 Å². The summed E-state index contributed by atoms with van der Waals surface area (Å²) in [6.45, 7) is 5.33. The van der Waals surface area contributed by atoms with Crippen molar-refractivity contribution in [2.24, 2.45) is 5.16 Å². The maximum Gasteiger partial charge on any atom is 0.171 e. The number of oxime groups is 1. The van der Waals surface area contributed by atoms with Gasteiger partial charge in [-0.2, -0.15) is 0 Å². The highest BCUT2D eigenvalue weighted by molar-refractivity contribution is 7.91. The molecule has 8 heteroatoms. The lowest BCUT2D eigenvalue weighted by molar-refractivity contribution is 0.0659. The molecule has 0 aliphatic carbocycles. The lowest BCUT2D eigenvalue weighted by Crippen LogP contribution is -2.51. The molecule has 2 aliphatic heterocycles. The van der Waals surface area contributed by atoms with Gasteiger partial charge in [0, 0.05) is 12.7 Å². The number of fused-ring (bicyclic) bond motifs is 1. The minimum Gasteiger partial charge on any atom is -0.611 e. The first kappa shape index (κ1) is 23.5. The number of rotatable bonds is 6. The first-order valence-electron chi connectivity index (χ1n) is 11.8. The smallest absolute Gasteiger partial charge is 0.171 e. The van der Waals surface area contributed by atoms with E-state index < -0.39 is 11.2 Å². The molecular formula is C27H30N4O3S. The van der Waals surface area contributed by atoms with E-state index in [1.807, 2.05) is 61.0 Å². The second-order valence-electron chi connectivity index (χ2n) is 9.01. The number of amidine groups is 1. The first-order chi connectivity index (χ1) is 17.0. The van der Waals surface area contributed by atoms with Gasteiger partial charge in [0.05, 0.1) is 24.8 Å². The molecule has 7 nitrogen and oxygen atoms in total. The second kappa shape index (κ2) is 10.2. The van der Waals surface area contributed by atoms with Gasteiger partial charge in [-0.15, -0.1) is 0 Å². The molecular weight excluding hydrogens is 460 g/mol. The van der Waals surface area contributed by atoms with Crippen LogP contribution in [0.25, 0.3) is 11.8 Å². The summed E-state index contributed by atoms with van der Waals surface area (Å²) < 4.78 is 20.7. The molecule has 0 amide bonds. The van der Waals surface area contributed by atoms with Crippen LogP contribution in [0, 0.1) is 13.8 Å². The predicted octanol–water partition coefficient (Wildman–Crippen LogP) is 4.50. The molecule has 3 heterocycles. The zero-order valence-corrected chi connectivity index (χ0v) is 21.1. The van der Waals surface area contributed by atoms with Gasteiger partial charge in [0.25, 0.3) is 0 Å². The maximum absolute atomic E-state index is 13.0. The fraction of sp³-hybridized carbons (Fsp3) is 0.333. The molecule has 2 atom stereocenters. The Labute approximate surface area is 209 Å². The van der Waals surface area contributed by atoms with Gasteiger partial charge in [0.15, 0.2) is 10.7 Å². The van der Waals surface area contributed by atoms with Crippen molar-refractivity contribution in [3.63, 3.8) is 0 Å². The Hall–Kier alpha value is -3.23. The third-order valence-electron chi connectivity index (χ3n) is 6.43. The fourth-order valence-electron chi connectivity index (χ4n) is 4.57.